The number of aromatic nitrogens is 2. The van der Waals surface area contributed by atoms with Crippen LogP contribution in [-0.2, 0) is 14.9 Å². The topological polar surface area (TPSA) is 101 Å². The van der Waals surface area contributed by atoms with Crippen LogP contribution in [0.15, 0.2) is 48.5 Å². The van der Waals surface area contributed by atoms with Gasteiger partial charge in [0.05, 0.1) is 16.7 Å². The number of nitrogens with zero attached hydrogens (tertiary/aromatic N) is 2. The first-order valence-electron chi connectivity index (χ1n) is 10.5. The molecular weight excluding hydrogens is 444 g/mol. The predicted octanol–water partition coefficient (Wildman–Crippen LogP) is 5.48. The highest BCUT2D eigenvalue weighted by atomic mass is 19.1. The zero-order valence-electron chi connectivity index (χ0n) is 19.4. The van der Waals surface area contributed by atoms with Crippen LogP contribution in [0.4, 0.5) is 20.2 Å². The van der Waals surface area contributed by atoms with Crippen molar-refractivity contribution in [2.45, 2.75) is 45.6 Å². The monoisotopic (exact) mass is 469 g/mol. The molecule has 0 fully saturated rings. The van der Waals surface area contributed by atoms with E-state index in [1.165, 1.54) is 12.1 Å². The van der Waals surface area contributed by atoms with Crippen LogP contribution in [0, 0.1) is 11.6 Å². The van der Waals surface area contributed by atoms with E-state index in [1.807, 2.05) is 0 Å². The molecule has 0 unspecified atom stereocenters. The second kappa shape index (κ2) is 9.17. The molecule has 34 heavy (non-hydrogen) atoms. The van der Waals surface area contributed by atoms with Gasteiger partial charge in [-0.25, -0.2) is 13.6 Å². The molecular formula is C25H25F2N3O4. The van der Waals surface area contributed by atoms with Crippen LogP contribution < -0.4 is 5.32 Å². The number of carboxylic acids is 1. The molecule has 3 aromatic rings. The Kier molecular flexibility index (Phi) is 6.67. The summed E-state index contributed by atoms with van der Waals surface area (Å²) in [6.45, 7) is 8.86. The Hall–Kier alpha value is -3.88. The Labute approximate surface area is 195 Å². The van der Waals surface area contributed by atoms with Crippen molar-refractivity contribution in [1.82, 2.24) is 10.2 Å². The minimum Gasteiger partial charge on any atom is -0.476 e. The van der Waals surface area contributed by atoms with E-state index in [1.54, 1.807) is 58.9 Å². The summed E-state index contributed by atoms with van der Waals surface area (Å²) in [5, 5.41) is 19.7. The van der Waals surface area contributed by atoms with Crippen LogP contribution in [0.5, 0.6) is 0 Å². The zero-order chi connectivity index (χ0) is 25.3. The third kappa shape index (κ3) is 5.36. The van der Waals surface area contributed by atoms with E-state index in [-0.39, 0.29) is 17.4 Å². The number of rotatable bonds is 6. The number of esters is 1. The molecule has 1 heterocycles. The van der Waals surface area contributed by atoms with Crippen molar-refractivity contribution in [3.63, 3.8) is 0 Å². The fraction of sp³-hybridized carbons (Fsp3) is 0.280. The number of carboxylic acid groups (broad SMARTS) is 1. The van der Waals surface area contributed by atoms with Gasteiger partial charge >= 0.3 is 11.9 Å². The number of aromatic carboxylic acids is 1. The number of halogens is 2. The Morgan fingerprint density at radius 1 is 0.941 bits per heavy atom. The summed E-state index contributed by atoms with van der Waals surface area (Å²) in [6.07, 6.45) is 0. The molecule has 0 saturated carbocycles. The SMILES string of the molecule is CC(C)(C)OC(=O)C(C)(C)c1ccc(Nc2cc(-c3c(F)cccc3F)nnc2C(=O)O)cc1. The Balaban J connectivity index is 1.93. The molecule has 3 rings (SSSR count). The first-order valence-corrected chi connectivity index (χ1v) is 10.5. The first-order chi connectivity index (χ1) is 15.8. The standard InChI is InChI=1S/C25H25F2N3O4/c1-24(2,3)34-23(33)25(4,5)14-9-11-15(12-10-14)28-19-13-18(29-30-21(19)22(31)32)20-16(26)7-6-8-17(20)27/h6-13H,1-5H3,(H,28,29)(H,31,32). The summed E-state index contributed by atoms with van der Waals surface area (Å²) in [5.41, 5.74) is -1.39. The highest BCUT2D eigenvalue weighted by molar-refractivity contribution is 5.93. The van der Waals surface area contributed by atoms with Crippen molar-refractivity contribution in [1.29, 1.82) is 0 Å². The fourth-order valence-electron chi connectivity index (χ4n) is 3.16. The number of carbonyl (C=O) groups excluding carboxylic acids is 1. The van der Waals surface area contributed by atoms with Gasteiger partial charge in [0.2, 0.25) is 0 Å². The van der Waals surface area contributed by atoms with Gasteiger partial charge in [0.25, 0.3) is 0 Å². The fourth-order valence-corrected chi connectivity index (χ4v) is 3.16. The number of carbonyl (C=O) groups is 2. The number of nitrogens with one attached hydrogen (secondary N) is 1. The Morgan fingerprint density at radius 3 is 2.06 bits per heavy atom. The molecule has 9 heteroatoms. The first kappa shape index (κ1) is 24.8. The minimum atomic E-state index is -1.36. The number of hydrogen-bond donors (Lipinski definition) is 2. The molecule has 7 nitrogen and oxygen atoms in total. The maximum Gasteiger partial charge on any atom is 0.358 e. The van der Waals surface area contributed by atoms with Gasteiger partial charge in [0, 0.05) is 5.69 Å². The normalized spacial score (nSPS) is 11.7. The smallest absolute Gasteiger partial charge is 0.358 e. The molecule has 0 aliphatic heterocycles. The van der Waals surface area contributed by atoms with E-state index < -0.39 is 39.9 Å². The molecule has 0 saturated heterocycles. The van der Waals surface area contributed by atoms with E-state index in [0.717, 1.165) is 12.1 Å². The predicted molar refractivity (Wildman–Crippen MR) is 123 cm³/mol. The molecule has 0 amide bonds. The average Bonchev–Trinajstić information content (AvgIpc) is 2.73. The lowest BCUT2D eigenvalue weighted by atomic mass is 9.84. The third-order valence-corrected chi connectivity index (χ3v) is 5.01. The number of anilines is 2. The van der Waals surface area contributed by atoms with Gasteiger partial charge in [-0.05, 0) is 70.5 Å². The lowest BCUT2D eigenvalue weighted by Gasteiger charge is -2.29. The van der Waals surface area contributed by atoms with E-state index in [0.29, 0.717) is 11.3 Å². The summed E-state index contributed by atoms with van der Waals surface area (Å²) in [6, 6.07) is 11.3. The summed E-state index contributed by atoms with van der Waals surface area (Å²) >= 11 is 0. The molecule has 1 aromatic heterocycles. The van der Waals surface area contributed by atoms with Crippen molar-refractivity contribution in [3.05, 3.63) is 71.4 Å². The van der Waals surface area contributed by atoms with Crippen molar-refractivity contribution in [2.24, 2.45) is 0 Å². The van der Waals surface area contributed by atoms with Crippen LogP contribution in [0.1, 0.15) is 50.7 Å². The summed E-state index contributed by atoms with van der Waals surface area (Å²) in [4.78, 5) is 24.3. The zero-order valence-corrected chi connectivity index (χ0v) is 19.4. The van der Waals surface area contributed by atoms with E-state index in [9.17, 15) is 23.5 Å². The van der Waals surface area contributed by atoms with Crippen LogP contribution >= 0.6 is 0 Å². The number of benzene rings is 2. The highest BCUT2D eigenvalue weighted by Crippen LogP contribution is 2.31. The van der Waals surface area contributed by atoms with Crippen molar-refractivity contribution >= 4 is 23.3 Å². The van der Waals surface area contributed by atoms with Crippen molar-refractivity contribution in [3.8, 4) is 11.3 Å². The Morgan fingerprint density at radius 2 is 1.53 bits per heavy atom. The quantitative estimate of drug-likeness (QED) is 0.461. The molecule has 2 aromatic carbocycles. The lowest BCUT2D eigenvalue weighted by Crippen LogP contribution is -2.36. The van der Waals surface area contributed by atoms with E-state index in [4.69, 9.17) is 4.74 Å². The van der Waals surface area contributed by atoms with Gasteiger partial charge in [-0.1, -0.05) is 18.2 Å². The van der Waals surface area contributed by atoms with E-state index in [2.05, 4.69) is 15.5 Å². The molecule has 0 bridgehead atoms. The summed E-state index contributed by atoms with van der Waals surface area (Å²) in [7, 11) is 0. The molecule has 2 N–H and O–H groups in total. The maximum atomic E-state index is 14.2. The van der Waals surface area contributed by atoms with Gasteiger partial charge in [-0.15, -0.1) is 10.2 Å². The number of hydrogen-bond acceptors (Lipinski definition) is 6. The van der Waals surface area contributed by atoms with Gasteiger partial charge in [0.1, 0.15) is 22.9 Å². The number of ether oxygens (including phenoxy) is 1. The second-order valence-corrected chi connectivity index (χ2v) is 9.22. The molecule has 0 radical (unpaired) electrons. The van der Waals surface area contributed by atoms with Crippen molar-refractivity contribution in [2.75, 3.05) is 5.32 Å². The second-order valence-electron chi connectivity index (χ2n) is 9.22. The van der Waals surface area contributed by atoms with Gasteiger partial charge in [-0.3, -0.25) is 4.79 Å². The average molecular weight is 469 g/mol. The molecule has 0 atom stereocenters. The minimum absolute atomic E-state index is 0.000643. The highest BCUT2D eigenvalue weighted by Gasteiger charge is 2.34. The summed E-state index contributed by atoms with van der Waals surface area (Å²) < 4.78 is 33.9. The van der Waals surface area contributed by atoms with Gasteiger partial charge < -0.3 is 15.2 Å². The molecule has 178 valence electrons. The Bertz CT molecular complexity index is 1220. The van der Waals surface area contributed by atoms with Crippen LogP contribution in [0.2, 0.25) is 0 Å². The maximum absolute atomic E-state index is 14.2. The van der Waals surface area contributed by atoms with Crippen LogP contribution in [0.25, 0.3) is 11.3 Å². The van der Waals surface area contributed by atoms with Crippen LogP contribution in [-0.4, -0.2) is 32.8 Å². The van der Waals surface area contributed by atoms with Crippen molar-refractivity contribution < 1.29 is 28.2 Å². The molecule has 0 aliphatic rings. The molecule has 0 aliphatic carbocycles. The third-order valence-electron chi connectivity index (χ3n) is 5.01. The lowest BCUT2D eigenvalue weighted by molar-refractivity contribution is -0.160. The van der Waals surface area contributed by atoms with E-state index >= 15 is 0 Å². The van der Waals surface area contributed by atoms with Gasteiger partial charge in [-0.2, -0.15) is 0 Å². The van der Waals surface area contributed by atoms with Crippen LogP contribution in [0.3, 0.4) is 0 Å². The largest absolute Gasteiger partial charge is 0.476 e. The summed E-state index contributed by atoms with van der Waals surface area (Å²) in [5.74, 6) is -3.45. The molecule has 0 spiro atoms. The van der Waals surface area contributed by atoms with Gasteiger partial charge in [0.15, 0.2) is 5.69 Å².